The molecule has 1 fully saturated rings. The molecule has 2 aromatic rings. The van der Waals surface area contributed by atoms with E-state index in [1.165, 1.54) is 5.56 Å². The number of anilines is 1. The molecule has 2 N–H and O–H groups in total. The Kier molecular flexibility index (Phi) is 2.80. The van der Waals surface area contributed by atoms with Gasteiger partial charge in [0.2, 0.25) is 0 Å². The molecule has 2 heterocycles. The molecular formula is C14H18N4. The van der Waals surface area contributed by atoms with E-state index in [2.05, 4.69) is 40.3 Å². The van der Waals surface area contributed by atoms with Crippen LogP contribution in [0.2, 0.25) is 0 Å². The Morgan fingerprint density at radius 2 is 2.00 bits per heavy atom. The molecule has 0 unspecified atom stereocenters. The Hall–Kier alpha value is -1.81. The van der Waals surface area contributed by atoms with E-state index in [0.29, 0.717) is 12.5 Å². The predicted octanol–water partition coefficient (Wildman–Crippen LogP) is 1.48. The highest BCUT2D eigenvalue weighted by atomic mass is 15.4. The molecule has 0 aliphatic carbocycles. The Labute approximate surface area is 107 Å². The van der Waals surface area contributed by atoms with Gasteiger partial charge in [0.05, 0.1) is 0 Å². The largest absolute Gasteiger partial charge is 0.354 e. The molecule has 4 heteroatoms. The van der Waals surface area contributed by atoms with Gasteiger partial charge in [-0.25, -0.2) is 0 Å². The summed E-state index contributed by atoms with van der Waals surface area (Å²) in [6, 6.07) is 10.7. The maximum absolute atomic E-state index is 5.75. The molecule has 94 valence electrons. The zero-order valence-corrected chi connectivity index (χ0v) is 10.6. The molecular weight excluding hydrogens is 224 g/mol. The second kappa shape index (κ2) is 4.46. The number of aryl methyl sites for hydroxylation is 1. The molecule has 1 aromatic carbocycles. The zero-order valence-electron chi connectivity index (χ0n) is 10.6. The fraction of sp³-hybridized carbons (Fsp3) is 0.357. The third-order valence-corrected chi connectivity index (χ3v) is 3.55. The Morgan fingerprint density at radius 1 is 1.28 bits per heavy atom. The predicted molar refractivity (Wildman–Crippen MR) is 72.5 cm³/mol. The number of hydrogen-bond donors (Lipinski definition) is 1. The fourth-order valence-electron chi connectivity index (χ4n) is 2.52. The summed E-state index contributed by atoms with van der Waals surface area (Å²) < 4.78 is 1.84. The van der Waals surface area contributed by atoms with Crippen molar-refractivity contribution < 1.29 is 0 Å². The van der Waals surface area contributed by atoms with Gasteiger partial charge in [-0.05, 0) is 5.56 Å². The number of nitrogens with two attached hydrogens (primary N) is 1. The number of benzene rings is 1. The average Bonchev–Trinajstić information content (AvgIpc) is 2.70. The van der Waals surface area contributed by atoms with E-state index in [-0.39, 0.29) is 0 Å². The second-order valence-corrected chi connectivity index (χ2v) is 4.87. The summed E-state index contributed by atoms with van der Waals surface area (Å²) in [5.74, 6) is 1.67. The minimum Gasteiger partial charge on any atom is -0.354 e. The highest BCUT2D eigenvalue weighted by Crippen LogP contribution is 2.32. The van der Waals surface area contributed by atoms with Crippen molar-refractivity contribution in [1.82, 2.24) is 9.78 Å². The minimum absolute atomic E-state index is 0.551. The first-order valence-electron chi connectivity index (χ1n) is 6.30. The molecule has 0 saturated carbocycles. The Balaban J connectivity index is 1.72. The lowest BCUT2D eigenvalue weighted by molar-refractivity contribution is 0.515. The van der Waals surface area contributed by atoms with Crippen LogP contribution in [0.4, 0.5) is 5.82 Å². The standard InChI is InChI=1S/C14H18N4/c1-17-8-12(7-15)14(16-17)18-9-13(10-18)11-5-3-2-4-6-11/h2-6,8,13H,7,9-10,15H2,1H3. The second-order valence-electron chi connectivity index (χ2n) is 4.87. The van der Waals surface area contributed by atoms with E-state index in [9.17, 15) is 0 Å². The van der Waals surface area contributed by atoms with Gasteiger partial charge in [-0.15, -0.1) is 0 Å². The molecule has 3 rings (SSSR count). The lowest BCUT2D eigenvalue weighted by atomic mass is 9.91. The van der Waals surface area contributed by atoms with Gasteiger partial charge in [-0.2, -0.15) is 5.10 Å². The minimum atomic E-state index is 0.551. The summed E-state index contributed by atoms with van der Waals surface area (Å²) in [6.45, 7) is 2.62. The quantitative estimate of drug-likeness (QED) is 0.887. The van der Waals surface area contributed by atoms with Crippen molar-refractivity contribution in [2.24, 2.45) is 12.8 Å². The van der Waals surface area contributed by atoms with Gasteiger partial charge in [0.25, 0.3) is 0 Å². The third kappa shape index (κ3) is 1.88. The van der Waals surface area contributed by atoms with E-state index in [1.807, 2.05) is 17.9 Å². The van der Waals surface area contributed by atoms with Crippen molar-refractivity contribution in [3.8, 4) is 0 Å². The van der Waals surface area contributed by atoms with Gasteiger partial charge >= 0.3 is 0 Å². The van der Waals surface area contributed by atoms with Gasteiger partial charge in [0.15, 0.2) is 5.82 Å². The summed E-state index contributed by atoms with van der Waals surface area (Å²) >= 11 is 0. The van der Waals surface area contributed by atoms with Crippen LogP contribution in [0, 0.1) is 0 Å². The Bertz CT molecular complexity index is 526. The zero-order chi connectivity index (χ0) is 12.5. The van der Waals surface area contributed by atoms with Crippen LogP contribution in [0.5, 0.6) is 0 Å². The normalized spacial score (nSPS) is 15.8. The summed E-state index contributed by atoms with van der Waals surface area (Å²) in [5.41, 5.74) is 8.29. The first-order chi connectivity index (χ1) is 8.78. The molecule has 0 radical (unpaired) electrons. The van der Waals surface area contributed by atoms with Gasteiger partial charge < -0.3 is 10.6 Å². The van der Waals surface area contributed by atoms with Crippen molar-refractivity contribution in [3.05, 3.63) is 47.7 Å². The molecule has 1 aromatic heterocycles. The van der Waals surface area contributed by atoms with Crippen molar-refractivity contribution >= 4 is 5.82 Å². The molecule has 1 aliphatic heterocycles. The first kappa shape index (κ1) is 11.3. The summed E-state index contributed by atoms with van der Waals surface area (Å²) in [5, 5.41) is 4.49. The highest BCUT2D eigenvalue weighted by molar-refractivity contribution is 5.50. The van der Waals surface area contributed by atoms with Crippen molar-refractivity contribution in [2.45, 2.75) is 12.5 Å². The molecule has 1 saturated heterocycles. The topological polar surface area (TPSA) is 47.1 Å². The van der Waals surface area contributed by atoms with Crippen LogP contribution in [0.15, 0.2) is 36.5 Å². The monoisotopic (exact) mass is 242 g/mol. The molecule has 0 spiro atoms. The Morgan fingerprint density at radius 3 is 2.67 bits per heavy atom. The third-order valence-electron chi connectivity index (χ3n) is 3.55. The maximum Gasteiger partial charge on any atom is 0.155 e. The van der Waals surface area contributed by atoms with E-state index >= 15 is 0 Å². The first-order valence-corrected chi connectivity index (χ1v) is 6.30. The van der Waals surface area contributed by atoms with Crippen LogP contribution in [0.1, 0.15) is 17.0 Å². The lowest BCUT2D eigenvalue weighted by Crippen LogP contribution is -2.45. The average molecular weight is 242 g/mol. The fourth-order valence-corrected chi connectivity index (χ4v) is 2.52. The molecule has 4 nitrogen and oxygen atoms in total. The number of hydrogen-bond acceptors (Lipinski definition) is 3. The summed E-state index contributed by atoms with van der Waals surface area (Å²) in [4.78, 5) is 2.31. The highest BCUT2D eigenvalue weighted by Gasteiger charge is 2.30. The van der Waals surface area contributed by atoms with Gasteiger partial charge in [-0.3, -0.25) is 4.68 Å². The van der Waals surface area contributed by atoms with Crippen LogP contribution >= 0.6 is 0 Å². The van der Waals surface area contributed by atoms with Crippen LogP contribution in [-0.4, -0.2) is 22.9 Å². The maximum atomic E-state index is 5.75. The molecule has 0 bridgehead atoms. The van der Waals surface area contributed by atoms with Crippen LogP contribution in [0.3, 0.4) is 0 Å². The van der Waals surface area contributed by atoms with E-state index in [1.54, 1.807) is 0 Å². The SMILES string of the molecule is Cn1cc(CN)c(N2CC(c3ccccc3)C2)n1. The van der Waals surface area contributed by atoms with E-state index < -0.39 is 0 Å². The summed E-state index contributed by atoms with van der Waals surface area (Å²) in [6.07, 6.45) is 2.01. The number of rotatable bonds is 3. The van der Waals surface area contributed by atoms with Crippen LogP contribution in [-0.2, 0) is 13.6 Å². The number of aromatic nitrogens is 2. The summed E-state index contributed by atoms with van der Waals surface area (Å²) in [7, 11) is 1.94. The molecule has 0 amide bonds. The van der Waals surface area contributed by atoms with Crippen molar-refractivity contribution in [3.63, 3.8) is 0 Å². The molecule has 18 heavy (non-hydrogen) atoms. The van der Waals surface area contributed by atoms with E-state index in [4.69, 9.17) is 5.73 Å². The molecule has 1 aliphatic rings. The van der Waals surface area contributed by atoms with Crippen molar-refractivity contribution in [1.29, 1.82) is 0 Å². The van der Waals surface area contributed by atoms with Gasteiger partial charge in [0.1, 0.15) is 0 Å². The van der Waals surface area contributed by atoms with Gasteiger partial charge in [-0.1, -0.05) is 30.3 Å². The van der Waals surface area contributed by atoms with Gasteiger partial charge in [0, 0.05) is 44.4 Å². The lowest BCUT2D eigenvalue weighted by Gasteiger charge is -2.40. The smallest absolute Gasteiger partial charge is 0.155 e. The van der Waals surface area contributed by atoms with Crippen LogP contribution < -0.4 is 10.6 Å². The molecule has 0 atom stereocenters. The van der Waals surface area contributed by atoms with E-state index in [0.717, 1.165) is 24.5 Å². The number of nitrogens with zero attached hydrogens (tertiary/aromatic N) is 3. The van der Waals surface area contributed by atoms with Crippen molar-refractivity contribution in [2.75, 3.05) is 18.0 Å². The van der Waals surface area contributed by atoms with Crippen LogP contribution in [0.25, 0.3) is 0 Å².